The van der Waals surface area contributed by atoms with Gasteiger partial charge < -0.3 is 10.1 Å². The number of carbonyl (C=O) groups excluding carboxylic acids is 1. The number of hydrogen-bond acceptors (Lipinski definition) is 3. The molecule has 6 rings (SSSR count). The number of allylic oxidation sites excluding steroid dienone is 2. The summed E-state index contributed by atoms with van der Waals surface area (Å²) in [6.45, 7) is 0.628. The highest BCUT2D eigenvalue weighted by molar-refractivity contribution is 9.12. The molecule has 0 saturated heterocycles. The molecule has 184 valence electrons. The standard InChI is InChI=1S/C28H38BrN3O2/c29-23-12-6-4-8-20(23)17-34-27-19-15-14-18(16-19)25(27)30-28(33)26-22-11-5-7-13-24(22)32(31-26)21-9-2-1-3-10-21/h8,12,18-19,21,25,27H,1-7,9-11,13-17H2,(H,30,33)/t18?,19?,25-,27?/m1/s1. The van der Waals surface area contributed by atoms with Crippen LogP contribution >= 0.6 is 15.9 Å². The predicted molar refractivity (Wildman–Crippen MR) is 137 cm³/mol. The summed E-state index contributed by atoms with van der Waals surface area (Å²) in [4.78, 5) is 13.7. The highest BCUT2D eigenvalue weighted by Crippen LogP contribution is 2.46. The third-order valence-corrected chi connectivity index (χ3v) is 9.93. The quantitative estimate of drug-likeness (QED) is 0.480. The fourth-order valence-electron chi connectivity index (χ4n) is 7.34. The van der Waals surface area contributed by atoms with Crippen LogP contribution in [-0.2, 0) is 17.6 Å². The van der Waals surface area contributed by atoms with Gasteiger partial charge in [-0.1, -0.05) is 47.3 Å². The van der Waals surface area contributed by atoms with Crippen LogP contribution in [0.15, 0.2) is 22.2 Å². The summed E-state index contributed by atoms with van der Waals surface area (Å²) in [6, 6.07) is 0.591. The predicted octanol–water partition coefficient (Wildman–Crippen LogP) is 6.18. The first-order chi connectivity index (χ1) is 16.7. The van der Waals surface area contributed by atoms with Crippen molar-refractivity contribution < 1.29 is 9.53 Å². The number of nitrogens with zero attached hydrogens (tertiary/aromatic N) is 2. The van der Waals surface area contributed by atoms with Gasteiger partial charge in [0.05, 0.1) is 24.8 Å². The molecule has 3 saturated carbocycles. The second kappa shape index (κ2) is 9.93. The summed E-state index contributed by atoms with van der Waals surface area (Å²) >= 11 is 3.69. The first kappa shape index (κ1) is 23.0. The van der Waals surface area contributed by atoms with Crippen molar-refractivity contribution in [3.05, 3.63) is 39.2 Å². The lowest BCUT2D eigenvalue weighted by molar-refractivity contribution is 0.00842. The number of ether oxygens (including phenoxy) is 1. The number of carbonyl (C=O) groups is 1. The highest BCUT2D eigenvalue weighted by atomic mass is 79.9. The van der Waals surface area contributed by atoms with Crippen LogP contribution in [0.5, 0.6) is 0 Å². The van der Waals surface area contributed by atoms with E-state index in [0.29, 0.717) is 30.2 Å². The molecule has 5 nitrogen and oxygen atoms in total. The van der Waals surface area contributed by atoms with Crippen LogP contribution in [0, 0.1) is 11.8 Å². The fourth-order valence-corrected chi connectivity index (χ4v) is 7.85. The minimum absolute atomic E-state index is 0.0387. The zero-order valence-electron chi connectivity index (χ0n) is 20.2. The minimum Gasteiger partial charge on any atom is -0.371 e. The lowest BCUT2D eigenvalue weighted by Gasteiger charge is -2.32. The Morgan fingerprint density at radius 3 is 2.68 bits per heavy atom. The summed E-state index contributed by atoms with van der Waals surface area (Å²) in [5, 5.41) is 8.47. The van der Waals surface area contributed by atoms with Gasteiger partial charge in [0.2, 0.25) is 0 Å². The number of rotatable bonds is 6. The van der Waals surface area contributed by atoms with Crippen LogP contribution in [0.1, 0.15) is 105 Å². The Bertz CT molecular complexity index is 990. The van der Waals surface area contributed by atoms with Crippen molar-refractivity contribution >= 4 is 21.8 Å². The molecule has 1 amide bonds. The smallest absolute Gasteiger partial charge is 0.272 e. The Kier molecular flexibility index (Phi) is 6.72. The lowest BCUT2D eigenvalue weighted by atomic mass is 9.91. The Morgan fingerprint density at radius 2 is 1.82 bits per heavy atom. The molecule has 4 atom stereocenters. The first-order valence-electron chi connectivity index (χ1n) is 13.8. The van der Waals surface area contributed by atoms with Gasteiger partial charge in [-0.15, -0.1) is 0 Å². The zero-order chi connectivity index (χ0) is 23.1. The molecule has 0 aromatic carbocycles. The molecule has 1 N–H and O–H groups in total. The van der Waals surface area contributed by atoms with E-state index in [2.05, 4.69) is 38.1 Å². The van der Waals surface area contributed by atoms with Gasteiger partial charge in [-0.3, -0.25) is 9.48 Å². The van der Waals surface area contributed by atoms with Gasteiger partial charge in [-0.2, -0.15) is 5.10 Å². The van der Waals surface area contributed by atoms with Crippen LogP contribution in [0.2, 0.25) is 0 Å². The van der Waals surface area contributed by atoms with E-state index >= 15 is 0 Å². The monoisotopic (exact) mass is 527 g/mol. The molecule has 6 heteroatoms. The van der Waals surface area contributed by atoms with Gasteiger partial charge in [-0.05, 0) is 88.0 Å². The van der Waals surface area contributed by atoms with Crippen molar-refractivity contribution in [3.8, 4) is 0 Å². The van der Waals surface area contributed by atoms with Crippen molar-refractivity contribution in [1.29, 1.82) is 0 Å². The second-order valence-electron chi connectivity index (χ2n) is 11.2. The van der Waals surface area contributed by atoms with E-state index in [-0.39, 0.29) is 18.1 Å². The molecular formula is C28H38BrN3O2. The molecule has 0 aliphatic heterocycles. The third-order valence-electron chi connectivity index (χ3n) is 9.10. The zero-order valence-corrected chi connectivity index (χ0v) is 21.8. The van der Waals surface area contributed by atoms with Crippen molar-refractivity contribution in [2.75, 3.05) is 6.61 Å². The largest absolute Gasteiger partial charge is 0.371 e. The molecule has 3 unspecified atom stereocenters. The maximum absolute atomic E-state index is 13.7. The molecular weight excluding hydrogens is 490 g/mol. The molecule has 1 aromatic rings. The maximum atomic E-state index is 13.7. The number of fused-ring (bicyclic) bond motifs is 3. The Labute approximate surface area is 211 Å². The van der Waals surface area contributed by atoms with E-state index < -0.39 is 0 Å². The molecule has 1 heterocycles. The normalized spacial score (nSPS) is 31.2. The first-order valence-corrected chi connectivity index (χ1v) is 14.6. The SMILES string of the molecule is O=C(N[C@@H]1C2CCC(C2)C1OCC1=CCCC=C1Br)c1nn(C2CCCCC2)c2c1CCCC2. The lowest BCUT2D eigenvalue weighted by Crippen LogP contribution is -2.48. The summed E-state index contributed by atoms with van der Waals surface area (Å²) in [6.07, 6.45) is 21.2. The van der Waals surface area contributed by atoms with Crippen molar-refractivity contribution in [1.82, 2.24) is 15.1 Å². The Balaban J connectivity index is 1.19. The van der Waals surface area contributed by atoms with Crippen molar-refractivity contribution in [2.24, 2.45) is 11.8 Å². The number of halogens is 1. The van der Waals surface area contributed by atoms with Crippen LogP contribution < -0.4 is 5.32 Å². The van der Waals surface area contributed by atoms with Gasteiger partial charge in [0.25, 0.3) is 5.91 Å². The average molecular weight is 529 g/mol. The summed E-state index contributed by atoms with van der Waals surface area (Å²) in [5.41, 5.74) is 4.54. The average Bonchev–Trinajstić information content (AvgIpc) is 3.58. The van der Waals surface area contributed by atoms with E-state index in [1.807, 2.05) is 0 Å². The van der Waals surface area contributed by atoms with Gasteiger partial charge >= 0.3 is 0 Å². The molecule has 0 radical (unpaired) electrons. The third kappa shape index (κ3) is 4.34. The topological polar surface area (TPSA) is 56.1 Å². The fraction of sp³-hybridized carbons (Fsp3) is 0.714. The van der Waals surface area contributed by atoms with E-state index in [1.165, 1.54) is 85.5 Å². The van der Waals surface area contributed by atoms with Crippen LogP contribution in [-0.4, -0.2) is 34.4 Å². The molecule has 5 aliphatic carbocycles. The summed E-state index contributed by atoms with van der Waals surface area (Å²) < 4.78 is 9.97. The van der Waals surface area contributed by atoms with Crippen molar-refractivity contribution in [3.63, 3.8) is 0 Å². The van der Waals surface area contributed by atoms with E-state index in [0.717, 1.165) is 25.7 Å². The minimum atomic E-state index is 0.0387. The van der Waals surface area contributed by atoms with E-state index in [4.69, 9.17) is 9.84 Å². The van der Waals surface area contributed by atoms with Gasteiger partial charge in [-0.25, -0.2) is 0 Å². The van der Waals surface area contributed by atoms with Crippen LogP contribution in [0.4, 0.5) is 0 Å². The number of amides is 1. The molecule has 1 aromatic heterocycles. The number of hydrogen-bond donors (Lipinski definition) is 1. The highest BCUT2D eigenvalue weighted by Gasteiger charge is 2.49. The molecule has 2 bridgehead atoms. The van der Waals surface area contributed by atoms with E-state index in [1.54, 1.807) is 0 Å². The Morgan fingerprint density at radius 1 is 1.03 bits per heavy atom. The number of aromatic nitrogens is 2. The Hall–Kier alpha value is -1.40. The molecule has 5 aliphatic rings. The molecule has 3 fully saturated rings. The van der Waals surface area contributed by atoms with E-state index in [9.17, 15) is 4.79 Å². The maximum Gasteiger partial charge on any atom is 0.272 e. The van der Waals surface area contributed by atoms with Crippen LogP contribution in [0.3, 0.4) is 0 Å². The molecule has 0 spiro atoms. The van der Waals surface area contributed by atoms with Crippen LogP contribution in [0.25, 0.3) is 0 Å². The van der Waals surface area contributed by atoms with Gasteiger partial charge in [0.15, 0.2) is 5.69 Å². The summed E-state index contributed by atoms with van der Waals surface area (Å²) in [5.74, 6) is 1.14. The second-order valence-corrected chi connectivity index (χ2v) is 12.0. The number of nitrogens with one attached hydrogen (secondary N) is 1. The summed E-state index contributed by atoms with van der Waals surface area (Å²) in [7, 11) is 0. The van der Waals surface area contributed by atoms with Gasteiger partial charge in [0.1, 0.15) is 0 Å². The molecule has 34 heavy (non-hydrogen) atoms. The van der Waals surface area contributed by atoms with Gasteiger partial charge in [0, 0.05) is 15.7 Å². The van der Waals surface area contributed by atoms with Crippen molar-refractivity contribution in [2.45, 2.75) is 108 Å².